The smallest absolute Gasteiger partial charge is 0.341 e. The Morgan fingerprint density at radius 1 is 1.35 bits per heavy atom. The molecule has 20 heavy (non-hydrogen) atoms. The van der Waals surface area contributed by atoms with Crippen LogP contribution in [0.3, 0.4) is 0 Å². The number of aliphatic carboxylic acids is 1. The minimum absolute atomic E-state index is 0.366. The number of halogens is 1. The van der Waals surface area contributed by atoms with Crippen LogP contribution in [0.2, 0.25) is 0 Å². The number of ether oxygens (including phenoxy) is 1. The largest absolute Gasteiger partial charge is 0.481 e. The van der Waals surface area contributed by atoms with Crippen LogP contribution in [0, 0.1) is 0 Å². The number of benzene rings is 1. The van der Waals surface area contributed by atoms with Crippen molar-refractivity contribution >= 4 is 34.1 Å². The lowest BCUT2D eigenvalue weighted by Crippen LogP contribution is -2.09. The molecule has 102 valence electrons. The van der Waals surface area contributed by atoms with Crippen molar-refractivity contribution in [3.63, 3.8) is 0 Å². The molecule has 2 aromatic rings. The summed E-state index contributed by atoms with van der Waals surface area (Å²) in [5.41, 5.74) is 1.75. The van der Waals surface area contributed by atoms with Crippen molar-refractivity contribution in [2.24, 2.45) is 0 Å². The van der Waals surface area contributed by atoms with Gasteiger partial charge in [-0.15, -0.1) is 0 Å². The van der Waals surface area contributed by atoms with Crippen LogP contribution in [-0.2, 0) is 4.79 Å². The summed E-state index contributed by atoms with van der Waals surface area (Å²) >= 11 is 3.35. The topological polar surface area (TPSA) is 72.3 Å². The van der Waals surface area contributed by atoms with E-state index in [1.54, 1.807) is 18.3 Å². The molecule has 0 aliphatic heterocycles. The van der Waals surface area contributed by atoms with E-state index in [1.807, 2.05) is 24.3 Å². The summed E-state index contributed by atoms with van der Waals surface area (Å²) in [5.74, 6) is -0.517. The Hall–Kier alpha value is -2.21. The number of aromatic nitrogens is 2. The molecule has 1 heterocycles. The van der Waals surface area contributed by atoms with Gasteiger partial charge in [0.25, 0.3) is 0 Å². The van der Waals surface area contributed by atoms with Gasteiger partial charge in [0.2, 0.25) is 0 Å². The zero-order valence-electron chi connectivity index (χ0n) is 10.4. The van der Waals surface area contributed by atoms with Gasteiger partial charge in [0, 0.05) is 6.20 Å². The standard InChI is InChI=1S/C14H11BrN2O3/c15-12-7-10(1-3-11-5-6-16-9-17-11)2-4-13(12)20-8-14(18)19/h1-7,9H,8H2,(H,18,19). The quantitative estimate of drug-likeness (QED) is 0.910. The SMILES string of the molecule is O=C(O)COc1ccc(C=Cc2ccncn2)cc1Br. The average Bonchev–Trinajstić information content (AvgIpc) is 2.45. The number of carboxylic acids is 1. The molecule has 0 spiro atoms. The first-order chi connectivity index (χ1) is 9.65. The second kappa shape index (κ2) is 6.81. The van der Waals surface area contributed by atoms with E-state index in [0.717, 1.165) is 11.3 Å². The minimum atomic E-state index is -1.01. The highest BCUT2D eigenvalue weighted by molar-refractivity contribution is 9.10. The highest BCUT2D eigenvalue weighted by Crippen LogP contribution is 2.26. The molecule has 1 N–H and O–H groups in total. The highest BCUT2D eigenvalue weighted by atomic mass is 79.9. The summed E-state index contributed by atoms with van der Waals surface area (Å²) in [6.45, 7) is -0.366. The lowest BCUT2D eigenvalue weighted by Gasteiger charge is -2.06. The molecule has 0 atom stereocenters. The van der Waals surface area contributed by atoms with E-state index in [1.165, 1.54) is 6.33 Å². The Bertz CT molecular complexity index is 630. The van der Waals surface area contributed by atoms with Gasteiger partial charge < -0.3 is 9.84 Å². The normalized spacial score (nSPS) is 10.7. The first-order valence-corrected chi connectivity index (χ1v) is 6.52. The molecule has 2 rings (SSSR count). The van der Waals surface area contributed by atoms with E-state index in [2.05, 4.69) is 25.9 Å². The molecule has 0 aliphatic carbocycles. The van der Waals surface area contributed by atoms with Gasteiger partial charge in [-0.1, -0.05) is 12.1 Å². The third kappa shape index (κ3) is 4.17. The molecule has 1 aromatic heterocycles. The Morgan fingerprint density at radius 3 is 2.85 bits per heavy atom. The summed E-state index contributed by atoms with van der Waals surface area (Å²) in [4.78, 5) is 18.4. The summed E-state index contributed by atoms with van der Waals surface area (Å²) in [6, 6.07) is 7.19. The van der Waals surface area contributed by atoms with Gasteiger partial charge in [-0.2, -0.15) is 0 Å². The van der Waals surface area contributed by atoms with Crippen LogP contribution >= 0.6 is 15.9 Å². The number of hydrogen-bond acceptors (Lipinski definition) is 4. The lowest BCUT2D eigenvalue weighted by atomic mass is 10.2. The molecule has 0 radical (unpaired) electrons. The second-order valence-corrected chi connectivity index (χ2v) is 4.69. The second-order valence-electron chi connectivity index (χ2n) is 3.84. The van der Waals surface area contributed by atoms with Crippen LogP contribution in [0.15, 0.2) is 41.3 Å². The molecule has 6 heteroatoms. The molecule has 0 bridgehead atoms. The fraction of sp³-hybridized carbons (Fsp3) is 0.0714. The van der Waals surface area contributed by atoms with Crippen molar-refractivity contribution in [2.75, 3.05) is 6.61 Å². The Balaban J connectivity index is 2.09. The minimum Gasteiger partial charge on any atom is -0.481 e. The predicted octanol–water partition coefficient (Wildman–Crippen LogP) is 2.87. The van der Waals surface area contributed by atoms with E-state index in [4.69, 9.17) is 9.84 Å². The van der Waals surface area contributed by atoms with Crippen molar-refractivity contribution in [1.82, 2.24) is 9.97 Å². The van der Waals surface area contributed by atoms with Crippen molar-refractivity contribution in [2.45, 2.75) is 0 Å². The average molecular weight is 335 g/mol. The maximum Gasteiger partial charge on any atom is 0.341 e. The summed E-state index contributed by atoms with van der Waals surface area (Å²) in [7, 11) is 0. The molecule has 0 saturated heterocycles. The molecule has 0 saturated carbocycles. The Kier molecular flexibility index (Phi) is 4.84. The molecule has 0 aliphatic rings. The number of rotatable bonds is 5. The maximum atomic E-state index is 10.4. The molecule has 0 unspecified atom stereocenters. The summed E-state index contributed by atoms with van der Waals surface area (Å²) in [5, 5.41) is 8.57. The van der Waals surface area contributed by atoms with Gasteiger partial charge in [-0.3, -0.25) is 0 Å². The fourth-order valence-corrected chi connectivity index (χ4v) is 1.97. The van der Waals surface area contributed by atoms with Gasteiger partial charge in [0.15, 0.2) is 6.61 Å². The number of nitrogens with zero attached hydrogens (tertiary/aromatic N) is 2. The van der Waals surface area contributed by atoms with E-state index in [0.29, 0.717) is 10.2 Å². The van der Waals surface area contributed by atoms with Crippen LogP contribution in [0.1, 0.15) is 11.3 Å². The zero-order valence-corrected chi connectivity index (χ0v) is 11.9. The molecule has 0 amide bonds. The predicted molar refractivity (Wildman–Crippen MR) is 78.2 cm³/mol. The zero-order chi connectivity index (χ0) is 14.4. The van der Waals surface area contributed by atoms with Gasteiger partial charge in [0.1, 0.15) is 12.1 Å². The summed E-state index contributed by atoms with van der Waals surface area (Å²) in [6.07, 6.45) is 6.92. The van der Waals surface area contributed by atoms with Gasteiger partial charge in [-0.05, 0) is 45.8 Å². The fourth-order valence-electron chi connectivity index (χ4n) is 1.46. The third-order valence-electron chi connectivity index (χ3n) is 2.36. The van der Waals surface area contributed by atoms with Gasteiger partial charge >= 0.3 is 5.97 Å². The molecular weight excluding hydrogens is 324 g/mol. The Morgan fingerprint density at radius 2 is 2.20 bits per heavy atom. The lowest BCUT2D eigenvalue weighted by molar-refractivity contribution is -0.139. The van der Waals surface area contributed by atoms with Crippen LogP contribution in [0.25, 0.3) is 12.2 Å². The summed E-state index contributed by atoms with van der Waals surface area (Å²) < 4.78 is 5.82. The maximum absolute atomic E-state index is 10.4. The molecular formula is C14H11BrN2O3. The van der Waals surface area contributed by atoms with Gasteiger partial charge in [-0.25, -0.2) is 14.8 Å². The van der Waals surface area contributed by atoms with E-state index in [-0.39, 0.29) is 6.61 Å². The molecule has 1 aromatic carbocycles. The number of carbonyl (C=O) groups is 1. The van der Waals surface area contributed by atoms with E-state index >= 15 is 0 Å². The Labute approximate surface area is 124 Å². The first-order valence-electron chi connectivity index (χ1n) is 5.73. The van der Waals surface area contributed by atoms with Crippen LogP contribution in [-0.4, -0.2) is 27.7 Å². The first kappa shape index (κ1) is 14.2. The number of carboxylic acid groups (broad SMARTS) is 1. The monoisotopic (exact) mass is 334 g/mol. The molecule has 5 nitrogen and oxygen atoms in total. The van der Waals surface area contributed by atoms with Gasteiger partial charge in [0.05, 0.1) is 10.2 Å². The third-order valence-corrected chi connectivity index (χ3v) is 2.98. The highest BCUT2D eigenvalue weighted by Gasteiger charge is 2.04. The van der Waals surface area contributed by atoms with E-state index in [9.17, 15) is 4.79 Å². The number of hydrogen-bond donors (Lipinski definition) is 1. The van der Waals surface area contributed by atoms with Crippen molar-refractivity contribution < 1.29 is 14.6 Å². The van der Waals surface area contributed by atoms with Crippen LogP contribution in [0.4, 0.5) is 0 Å². The van der Waals surface area contributed by atoms with E-state index < -0.39 is 5.97 Å². The molecule has 0 fully saturated rings. The van der Waals surface area contributed by atoms with Crippen molar-refractivity contribution in [3.8, 4) is 5.75 Å². The van der Waals surface area contributed by atoms with Crippen molar-refractivity contribution in [3.05, 3.63) is 52.5 Å². The van der Waals surface area contributed by atoms with Crippen LogP contribution < -0.4 is 4.74 Å². The van der Waals surface area contributed by atoms with Crippen molar-refractivity contribution in [1.29, 1.82) is 0 Å². The van der Waals surface area contributed by atoms with Crippen LogP contribution in [0.5, 0.6) is 5.75 Å².